The molecule has 19 heavy (non-hydrogen) atoms. The monoisotopic (exact) mass is 275 g/mol. The number of carbonyl (C=O) groups excluding carboxylic acids is 2. The molecular formula is C13H13N3O2S. The van der Waals surface area contributed by atoms with E-state index in [4.69, 9.17) is 0 Å². The number of hydrogen-bond donors (Lipinski definition) is 2. The number of benzene rings is 1. The highest BCUT2D eigenvalue weighted by molar-refractivity contribution is 7.14. The highest BCUT2D eigenvalue weighted by Crippen LogP contribution is 2.19. The number of thiazole rings is 1. The fourth-order valence-electron chi connectivity index (χ4n) is 1.56. The van der Waals surface area contributed by atoms with Gasteiger partial charge in [-0.05, 0) is 12.1 Å². The first kappa shape index (κ1) is 13.2. The number of nitrogens with zero attached hydrogens (tertiary/aromatic N) is 1. The van der Waals surface area contributed by atoms with Gasteiger partial charge < -0.3 is 5.32 Å². The topological polar surface area (TPSA) is 71.1 Å². The Bertz CT molecular complexity index is 622. The molecule has 6 heteroatoms. The molecule has 0 bridgehead atoms. The maximum Gasteiger partial charge on any atom is 0.259 e. The summed E-state index contributed by atoms with van der Waals surface area (Å²) in [6.45, 7) is 1.44. The Hall–Kier alpha value is -2.21. The number of para-hydroxylation sites is 1. The van der Waals surface area contributed by atoms with E-state index in [1.165, 1.54) is 18.3 Å². The van der Waals surface area contributed by atoms with Crippen molar-refractivity contribution in [3.63, 3.8) is 0 Å². The van der Waals surface area contributed by atoms with Crippen LogP contribution < -0.4 is 10.6 Å². The first-order chi connectivity index (χ1) is 9.11. The van der Waals surface area contributed by atoms with Crippen LogP contribution >= 0.6 is 11.3 Å². The first-order valence-corrected chi connectivity index (χ1v) is 6.54. The standard InChI is InChI=1S/C13H13N3O2S/c1-8(17)11-7-19-13(15-11)16-12(18)9-5-3-4-6-10(9)14-2/h3-7,14H,1-2H3,(H,15,16,18). The molecule has 0 saturated carbocycles. The van der Waals surface area contributed by atoms with E-state index in [0.717, 1.165) is 5.69 Å². The predicted molar refractivity (Wildman–Crippen MR) is 76.1 cm³/mol. The molecule has 0 spiro atoms. The van der Waals surface area contributed by atoms with Crippen molar-refractivity contribution in [3.05, 3.63) is 40.9 Å². The van der Waals surface area contributed by atoms with Gasteiger partial charge in [0.25, 0.3) is 5.91 Å². The van der Waals surface area contributed by atoms with Crippen LogP contribution in [0.15, 0.2) is 29.6 Å². The molecule has 0 atom stereocenters. The fourth-order valence-corrected chi connectivity index (χ4v) is 2.30. The summed E-state index contributed by atoms with van der Waals surface area (Å²) in [6, 6.07) is 7.18. The minimum Gasteiger partial charge on any atom is -0.387 e. The van der Waals surface area contributed by atoms with Crippen LogP contribution in [0.2, 0.25) is 0 Å². The number of carbonyl (C=O) groups is 2. The average molecular weight is 275 g/mol. The van der Waals surface area contributed by atoms with Crippen LogP contribution in [0.3, 0.4) is 0 Å². The third-order valence-electron chi connectivity index (χ3n) is 2.53. The lowest BCUT2D eigenvalue weighted by molar-refractivity contribution is 0.100. The number of hydrogen-bond acceptors (Lipinski definition) is 5. The van der Waals surface area contributed by atoms with Crippen LogP contribution in [0.4, 0.5) is 10.8 Å². The Balaban J connectivity index is 2.18. The van der Waals surface area contributed by atoms with Gasteiger partial charge in [-0.15, -0.1) is 11.3 Å². The van der Waals surface area contributed by atoms with Crippen LogP contribution in [0.5, 0.6) is 0 Å². The second-order valence-corrected chi connectivity index (χ2v) is 4.70. The molecule has 2 rings (SSSR count). The van der Waals surface area contributed by atoms with E-state index in [1.807, 2.05) is 12.1 Å². The van der Waals surface area contributed by atoms with Gasteiger partial charge in [-0.3, -0.25) is 14.9 Å². The lowest BCUT2D eigenvalue weighted by atomic mass is 10.1. The van der Waals surface area contributed by atoms with Gasteiger partial charge in [0.05, 0.1) is 5.56 Å². The van der Waals surface area contributed by atoms with Crippen molar-refractivity contribution in [2.24, 2.45) is 0 Å². The van der Waals surface area contributed by atoms with Gasteiger partial charge in [0.1, 0.15) is 5.69 Å². The molecular weight excluding hydrogens is 262 g/mol. The molecule has 0 fully saturated rings. The maximum atomic E-state index is 12.1. The van der Waals surface area contributed by atoms with E-state index < -0.39 is 0 Å². The second-order valence-electron chi connectivity index (χ2n) is 3.84. The number of Topliss-reactive ketones (excluding diaryl/α,β-unsaturated/α-hetero) is 1. The molecule has 1 heterocycles. The molecule has 1 amide bonds. The lowest BCUT2D eigenvalue weighted by Gasteiger charge is -2.07. The number of amides is 1. The first-order valence-electron chi connectivity index (χ1n) is 5.66. The third kappa shape index (κ3) is 2.97. The third-order valence-corrected chi connectivity index (χ3v) is 3.28. The van der Waals surface area contributed by atoms with Gasteiger partial charge in [-0.2, -0.15) is 0 Å². The highest BCUT2D eigenvalue weighted by atomic mass is 32.1. The van der Waals surface area contributed by atoms with Gasteiger partial charge in [0.2, 0.25) is 0 Å². The van der Waals surface area contributed by atoms with Gasteiger partial charge in [0, 0.05) is 25.0 Å². The fraction of sp³-hybridized carbons (Fsp3) is 0.154. The molecule has 0 aliphatic rings. The largest absolute Gasteiger partial charge is 0.387 e. The molecule has 0 aliphatic carbocycles. The van der Waals surface area contributed by atoms with E-state index in [2.05, 4.69) is 15.6 Å². The molecule has 0 aliphatic heterocycles. The number of aromatic nitrogens is 1. The summed E-state index contributed by atoms with van der Waals surface area (Å²) in [4.78, 5) is 27.3. The molecule has 0 saturated heterocycles. The van der Waals surface area contributed by atoms with Crippen molar-refractivity contribution in [2.45, 2.75) is 6.92 Å². The van der Waals surface area contributed by atoms with E-state index in [-0.39, 0.29) is 11.7 Å². The van der Waals surface area contributed by atoms with Crippen LogP contribution in [0, 0.1) is 0 Å². The Morgan fingerprint density at radius 2 is 2.00 bits per heavy atom. The molecule has 1 aromatic carbocycles. The van der Waals surface area contributed by atoms with Gasteiger partial charge >= 0.3 is 0 Å². The molecule has 0 radical (unpaired) electrons. The second kappa shape index (κ2) is 5.62. The van der Waals surface area contributed by atoms with Crippen LogP contribution in [-0.2, 0) is 0 Å². The van der Waals surface area contributed by atoms with E-state index in [0.29, 0.717) is 16.4 Å². The summed E-state index contributed by atoms with van der Waals surface area (Å²) in [5.41, 5.74) is 1.63. The van der Waals surface area contributed by atoms with Crippen LogP contribution in [-0.4, -0.2) is 23.7 Å². The summed E-state index contributed by atoms with van der Waals surface area (Å²) < 4.78 is 0. The Labute approximate surface area is 114 Å². The molecule has 2 aromatic rings. The number of rotatable bonds is 4. The van der Waals surface area contributed by atoms with Crippen molar-refractivity contribution in [3.8, 4) is 0 Å². The Morgan fingerprint density at radius 1 is 1.26 bits per heavy atom. The summed E-state index contributed by atoms with van der Waals surface area (Å²) in [7, 11) is 1.75. The molecule has 1 aromatic heterocycles. The van der Waals surface area contributed by atoms with Crippen molar-refractivity contribution in [1.29, 1.82) is 0 Å². The zero-order valence-corrected chi connectivity index (χ0v) is 11.4. The van der Waals surface area contributed by atoms with Crippen molar-refractivity contribution >= 4 is 33.8 Å². The smallest absolute Gasteiger partial charge is 0.259 e. The highest BCUT2D eigenvalue weighted by Gasteiger charge is 2.13. The zero-order valence-electron chi connectivity index (χ0n) is 10.6. The quantitative estimate of drug-likeness (QED) is 0.841. The summed E-state index contributed by atoms with van der Waals surface area (Å²) in [6.07, 6.45) is 0. The average Bonchev–Trinajstić information content (AvgIpc) is 2.87. The number of nitrogens with one attached hydrogen (secondary N) is 2. The van der Waals surface area contributed by atoms with E-state index >= 15 is 0 Å². The minimum absolute atomic E-state index is 0.118. The number of ketones is 1. The van der Waals surface area contributed by atoms with Crippen molar-refractivity contribution < 1.29 is 9.59 Å². The zero-order chi connectivity index (χ0) is 13.8. The van der Waals surface area contributed by atoms with Crippen molar-refractivity contribution in [2.75, 3.05) is 17.7 Å². The minimum atomic E-state index is -0.255. The van der Waals surface area contributed by atoms with E-state index in [9.17, 15) is 9.59 Å². The summed E-state index contributed by atoms with van der Waals surface area (Å²) in [5, 5.41) is 7.68. The Morgan fingerprint density at radius 3 is 2.63 bits per heavy atom. The number of anilines is 2. The van der Waals surface area contributed by atoms with Gasteiger partial charge in [-0.1, -0.05) is 12.1 Å². The van der Waals surface area contributed by atoms with E-state index in [1.54, 1.807) is 24.6 Å². The summed E-state index contributed by atoms with van der Waals surface area (Å²) in [5.74, 6) is -0.373. The molecule has 98 valence electrons. The van der Waals surface area contributed by atoms with Gasteiger partial charge in [0.15, 0.2) is 10.9 Å². The molecule has 2 N–H and O–H groups in total. The predicted octanol–water partition coefficient (Wildman–Crippen LogP) is 2.64. The van der Waals surface area contributed by atoms with Crippen molar-refractivity contribution in [1.82, 2.24) is 4.98 Å². The van der Waals surface area contributed by atoms with Crippen LogP contribution in [0.25, 0.3) is 0 Å². The summed E-state index contributed by atoms with van der Waals surface area (Å²) >= 11 is 1.23. The normalized spacial score (nSPS) is 10.0. The SMILES string of the molecule is CNc1ccccc1C(=O)Nc1nc(C(C)=O)cs1. The lowest BCUT2D eigenvalue weighted by Crippen LogP contribution is -2.13. The maximum absolute atomic E-state index is 12.1. The molecule has 0 unspecified atom stereocenters. The van der Waals surface area contributed by atoms with Crippen LogP contribution in [0.1, 0.15) is 27.8 Å². The van der Waals surface area contributed by atoms with Gasteiger partial charge in [-0.25, -0.2) is 4.98 Å². The molecule has 5 nitrogen and oxygen atoms in total. The Kier molecular flexibility index (Phi) is 3.91.